The molecule has 124 valence electrons. The Morgan fingerprint density at radius 2 is 2.00 bits per heavy atom. The summed E-state index contributed by atoms with van der Waals surface area (Å²) in [4.78, 5) is 18.5. The second-order valence-corrected chi connectivity index (χ2v) is 6.88. The van der Waals surface area contributed by atoms with E-state index in [1.807, 2.05) is 48.7 Å². The molecule has 0 saturated carbocycles. The van der Waals surface area contributed by atoms with Crippen LogP contribution in [0.15, 0.2) is 47.8 Å². The lowest BCUT2D eigenvalue weighted by Crippen LogP contribution is -2.37. The van der Waals surface area contributed by atoms with Crippen molar-refractivity contribution < 1.29 is 9.53 Å². The molecule has 5 heteroatoms. The van der Waals surface area contributed by atoms with Crippen LogP contribution in [0.2, 0.25) is 0 Å². The van der Waals surface area contributed by atoms with Crippen LogP contribution in [0.3, 0.4) is 0 Å². The molecule has 1 aromatic heterocycles. The normalized spacial score (nSPS) is 12.1. The maximum absolute atomic E-state index is 12.5. The van der Waals surface area contributed by atoms with E-state index in [1.165, 1.54) is 0 Å². The maximum atomic E-state index is 12.5. The molecule has 0 aliphatic rings. The molecule has 24 heavy (non-hydrogen) atoms. The maximum Gasteiger partial charge on any atom is 0.263 e. The van der Waals surface area contributed by atoms with Gasteiger partial charge in [-0.25, -0.2) is 4.98 Å². The largest absolute Gasteiger partial charge is 0.481 e. The number of rotatable bonds is 5. The van der Waals surface area contributed by atoms with Gasteiger partial charge in [0, 0.05) is 12.4 Å². The van der Waals surface area contributed by atoms with Crippen molar-refractivity contribution >= 4 is 28.0 Å². The number of carbonyl (C=O) groups is 1. The number of nitrogens with zero attached hydrogens (tertiary/aromatic N) is 2. The summed E-state index contributed by atoms with van der Waals surface area (Å²) in [7, 11) is 1.78. The molecule has 0 saturated heterocycles. The summed E-state index contributed by atoms with van der Waals surface area (Å²) in [5.74, 6) is 0.640. The summed E-state index contributed by atoms with van der Waals surface area (Å²) in [5, 5.41) is 5.24. The number of aromatic nitrogens is 1. The number of carbonyl (C=O) groups excluding carboxylic acids is 1. The summed E-state index contributed by atoms with van der Waals surface area (Å²) in [6.07, 6.45) is -0.545. The van der Waals surface area contributed by atoms with Gasteiger partial charge in [0.1, 0.15) is 5.75 Å². The number of ether oxygens (including phenoxy) is 1. The first-order valence-electron chi connectivity index (χ1n) is 7.84. The molecular formula is C19H20N2O2S. The van der Waals surface area contributed by atoms with Gasteiger partial charge in [0.05, 0.1) is 17.2 Å². The van der Waals surface area contributed by atoms with Gasteiger partial charge in [-0.05, 0) is 36.8 Å². The van der Waals surface area contributed by atoms with Crippen LogP contribution in [0.4, 0.5) is 0 Å². The molecule has 0 aliphatic carbocycles. The van der Waals surface area contributed by atoms with Gasteiger partial charge >= 0.3 is 0 Å². The quantitative estimate of drug-likeness (QED) is 0.704. The highest BCUT2D eigenvalue weighted by Gasteiger charge is 2.20. The van der Waals surface area contributed by atoms with Crippen molar-refractivity contribution in [1.29, 1.82) is 0 Å². The average Bonchev–Trinajstić information content (AvgIpc) is 2.98. The van der Waals surface area contributed by atoms with Crippen LogP contribution in [-0.4, -0.2) is 28.9 Å². The van der Waals surface area contributed by atoms with Gasteiger partial charge in [0.2, 0.25) is 0 Å². The number of amides is 1. The molecule has 0 radical (unpaired) electrons. The molecule has 0 fully saturated rings. The molecule has 0 N–H and O–H groups in total. The molecule has 1 heterocycles. The summed E-state index contributed by atoms with van der Waals surface area (Å²) in [6.45, 7) is 4.23. The van der Waals surface area contributed by atoms with Crippen molar-refractivity contribution in [2.24, 2.45) is 0 Å². The van der Waals surface area contributed by atoms with Crippen molar-refractivity contribution in [3.05, 3.63) is 58.5 Å². The Balaban J connectivity index is 1.66. The minimum absolute atomic E-state index is 0.0613. The van der Waals surface area contributed by atoms with Crippen LogP contribution in [0.5, 0.6) is 5.75 Å². The zero-order valence-electron chi connectivity index (χ0n) is 14.0. The Hall–Kier alpha value is -2.40. The number of likely N-dealkylation sites (N-methyl/N-ethyl adjacent to an activating group) is 1. The number of benzene rings is 2. The highest BCUT2D eigenvalue weighted by atomic mass is 32.1. The van der Waals surface area contributed by atoms with Crippen molar-refractivity contribution in [2.45, 2.75) is 26.5 Å². The molecule has 0 bridgehead atoms. The van der Waals surface area contributed by atoms with Gasteiger partial charge in [-0.2, -0.15) is 0 Å². The molecule has 3 aromatic rings. The van der Waals surface area contributed by atoms with E-state index in [9.17, 15) is 4.79 Å². The van der Waals surface area contributed by atoms with Crippen LogP contribution in [-0.2, 0) is 11.3 Å². The summed E-state index contributed by atoms with van der Waals surface area (Å²) in [6, 6.07) is 13.9. The smallest absolute Gasteiger partial charge is 0.263 e. The molecular weight excluding hydrogens is 320 g/mol. The molecule has 1 atom stereocenters. The first kappa shape index (κ1) is 16.5. The SMILES string of the molecule is Cc1nc(CN(C)C(=O)C(C)Oc2ccc3ccccc3c2)cs1. The first-order chi connectivity index (χ1) is 11.5. The van der Waals surface area contributed by atoms with Crippen LogP contribution in [0, 0.1) is 6.92 Å². The molecule has 3 rings (SSSR count). The average molecular weight is 340 g/mol. The predicted octanol–water partition coefficient (Wildman–Crippen LogP) is 4.03. The molecule has 4 nitrogen and oxygen atoms in total. The topological polar surface area (TPSA) is 42.4 Å². The summed E-state index contributed by atoms with van der Waals surface area (Å²) in [5.41, 5.74) is 0.909. The third kappa shape index (κ3) is 3.74. The van der Waals surface area contributed by atoms with E-state index in [0.29, 0.717) is 12.3 Å². The second kappa shape index (κ2) is 7.01. The fourth-order valence-corrected chi connectivity index (χ4v) is 3.21. The predicted molar refractivity (Wildman–Crippen MR) is 97.4 cm³/mol. The monoisotopic (exact) mass is 340 g/mol. The van der Waals surface area contributed by atoms with Gasteiger partial charge < -0.3 is 9.64 Å². The van der Waals surface area contributed by atoms with E-state index in [2.05, 4.69) is 11.1 Å². The molecule has 0 spiro atoms. The number of aryl methyl sites for hydroxylation is 1. The fourth-order valence-electron chi connectivity index (χ4n) is 2.61. The van der Waals surface area contributed by atoms with Crippen LogP contribution >= 0.6 is 11.3 Å². The van der Waals surface area contributed by atoms with Gasteiger partial charge in [-0.1, -0.05) is 30.3 Å². The first-order valence-corrected chi connectivity index (χ1v) is 8.72. The van der Waals surface area contributed by atoms with Crippen LogP contribution in [0.25, 0.3) is 10.8 Å². The Labute approximate surface area is 145 Å². The lowest BCUT2D eigenvalue weighted by molar-refractivity contribution is -0.137. The second-order valence-electron chi connectivity index (χ2n) is 5.82. The highest BCUT2D eigenvalue weighted by Crippen LogP contribution is 2.22. The van der Waals surface area contributed by atoms with E-state index in [0.717, 1.165) is 21.5 Å². The van der Waals surface area contributed by atoms with Crippen LogP contribution < -0.4 is 4.74 Å². The van der Waals surface area contributed by atoms with E-state index < -0.39 is 6.10 Å². The van der Waals surface area contributed by atoms with Gasteiger partial charge in [-0.15, -0.1) is 11.3 Å². The minimum Gasteiger partial charge on any atom is -0.481 e. The number of hydrogen-bond acceptors (Lipinski definition) is 4. The standard InChI is InChI=1S/C19H20N2O2S/c1-13(19(22)21(3)11-17-12-24-14(2)20-17)23-18-9-8-15-6-4-5-7-16(15)10-18/h4-10,12-13H,11H2,1-3H3. The zero-order chi connectivity index (χ0) is 17.1. The Bertz CT molecular complexity index is 859. The third-order valence-corrected chi connectivity index (χ3v) is 4.65. The number of thiazole rings is 1. The lowest BCUT2D eigenvalue weighted by atomic mass is 10.1. The van der Waals surface area contributed by atoms with Crippen LogP contribution in [0.1, 0.15) is 17.6 Å². The van der Waals surface area contributed by atoms with Gasteiger partial charge in [0.25, 0.3) is 5.91 Å². The van der Waals surface area contributed by atoms with Gasteiger partial charge in [-0.3, -0.25) is 4.79 Å². The molecule has 2 aromatic carbocycles. The zero-order valence-corrected chi connectivity index (χ0v) is 14.8. The van der Waals surface area contributed by atoms with Gasteiger partial charge in [0.15, 0.2) is 6.10 Å². The molecule has 0 aliphatic heterocycles. The number of fused-ring (bicyclic) bond motifs is 1. The summed E-state index contributed by atoms with van der Waals surface area (Å²) < 4.78 is 5.84. The Kier molecular flexibility index (Phi) is 4.81. The van der Waals surface area contributed by atoms with E-state index >= 15 is 0 Å². The Morgan fingerprint density at radius 1 is 1.25 bits per heavy atom. The number of hydrogen-bond donors (Lipinski definition) is 0. The van der Waals surface area contributed by atoms with E-state index in [-0.39, 0.29) is 5.91 Å². The van der Waals surface area contributed by atoms with Crippen molar-refractivity contribution in [3.63, 3.8) is 0 Å². The lowest BCUT2D eigenvalue weighted by Gasteiger charge is -2.21. The summed E-state index contributed by atoms with van der Waals surface area (Å²) >= 11 is 1.59. The highest BCUT2D eigenvalue weighted by molar-refractivity contribution is 7.09. The van der Waals surface area contributed by atoms with E-state index in [4.69, 9.17) is 4.74 Å². The Morgan fingerprint density at radius 3 is 2.71 bits per heavy atom. The molecule has 1 amide bonds. The van der Waals surface area contributed by atoms with Crippen molar-refractivity contribution in [1.82, 2.24) is 9.88 Å². The van der Waals surface area contributed by atoms with Crippen molar-refractivity contribution in [2.75, 3.05) is 7.05 Å². The third-order valence-electron chi connectivity index (χ3n) is 3.82. The minimum atomic E-state index is -0.545. The van der Waals surface area contributed by atoms with E-state index in [1.54, 1.807) is 30.2 Å². The molecule has 1 unspecified atom stereocenters. The fraction of sp³-hybridized carbons (Fsp3) is 0.263. The van der Waals surface area contributed by atoms with Crippen molar-refractivity contribution in [3.8, 4) is 5.75 Å².